The summed E-state index contributed by atoms with van der Waals surface area (Å²) in [5.41, 5.74) is -0.834. The molecule has 4 aromatic rings. The molecule has 2 unspecified atom stereocenters. The van der Waals surface area contributed by atoms with Gasteiger partial charge < -0.3 is 24.3 Å². The molecule has 5 rings (SSSR count). The topological polar surface area (TPSA) is 95.5 Å². The van der Waals surface area contributed by atoms with E-state index < -0.39 is 35.3 Å². The molecule has 0 spiro atoms. The van der Waals surface area contributed by atoms with E-state index in [4.69, 9.17) is 18.9 Å². The first-order valence-electron chi connectivity index (χ1n) is 14.0. The summed E-state index contributed by atoms with van der Waals surface area (Å²) in [6, 6.07) is 22.8. The number of amides is 1. The van der Waals surface area contributed by atoms with Crippen LogP contribution in [0.3, 0.4) is 0 Å². The van der Waals surface area contributed by atoms with E-state index in [1.165, 1.54) is 57.9 Å². The SMILES string of the molecule is COC(=O)c1cc(NC(=O)C2(c3ccc(OC)c(OC)c3)C=CC=N2)ccc1OC(c1ccccc1)c1cccc(C(F)(F)F)c1. The first-order valence-corrected chi connectivity index (χ1v) is 14.0. The molecule has 236 valence electrons. The predicted octanol–water partition coefficient (Wildman–Crippen LogP) is 7.15. The second kappa shape index (κ2) is 13.2. The Bertz CT molecular complexity index is 1790. The third-order valence-corrected chi connectivity index (χ3v) is 7.38. The maximum Gasteiger partial charge on any atom is 0.416 e. The standard InChI is InChI=1S/C35H29F3N2O6/c1-43-29-15-13-24(20-30(29)44-2)34(17-8-18-39-34)33(42)40-26-14-16-28(27(21-26)32(41)45-3)46-31(22-9-5-4-6-10-22)23-11-7-12-25(19-23)35(36,37)38/h4-21,31H,1-3H3,(H,40,42). The van der Waals surface area contributed by atoms with E-state index in [1.54, 1.807) is 60.7 Å². The number of alkyl halides is 3. The normalized spacial score (nSPS) is 16.0. The number of halogens is 3. The molecule has 2 atom stereocenters. The molecule has 11 heteroatoms. The molecular weight excluding hydrogens is 601 g/mol. The van der Waals surface area contributed by atoms with Gasteiger partial charge in [-0.2, -0.15) is 13.2 Å². The van der Waals surface area contributed by atoms with Crippen LogP contribution in [0.4, 0.5) is 18.9 Å². The zero-order valence-electron chi connectivity index (χ0n) is 25.0. The van der Waals surface area contributed by atoms with Gasteiger partial charge in [0.1, 0.15) is 17.4 Å². The minimum atomic E-state index is -4.57. The summed E-state index contributed by atoms with van der Waals surface area (Å²) in [7, 11) is 4.17. The number of ether oxygens (including phenoxy) is 4. The van der Waals surface area contributed by atoms with Crippen LogP contribution in [0.1, 0.15) is 38.7 Å². The molecule has 8 nitrogen and oxygen atoms in total. The van der Waals surface area contributed by atoms with Crippen molar-refractivity contribution in [2.24, 2.45) is 4.99 Å². The molecule has 0 saturated heterocycles. The zero-order chi connectivity index (χ0) is 32.9. The van der Waals surface area contributed by atoms with Gasteiger partial charge in [-0.1, -0.05) is 48.5 Å². The van der Waals surface area contributed by atoms with Crippen LogP contribution in [0.2, 0.25) is 0 Å². The number of aliphatic imine (C=N–C) groups is 1. The lowest BCUT2D eigenvalue weighted by molar-refractivity contribution is -0.137. The Balaban J connectivity index is 1.50. The van der Waals surface area contributed by atoms with Gasteiger partial charge >= 0.3 is 12.1 Å². The molecule has 0 aliphatic carbocycles. The van der Waals surface area contributed by atoms with E-state index in [0.717, 1.165) is 12.1 Å². The minimum Gasteiger partial charge on any atom is -0.493 e. The highest BCUT2D eigenvalue weighted by atomic mass is 19.4. The molecule has 1 heterocycles. The Morgan fingerprint density at radius 2 is 1.52 bits per heavy atom. The van der Waals surface area contributed by atoms with Crippen molar-refractivity contribution >= 4 is 23.8 Å². The van der Waals surface area contributed by atoms with Gasteiger partial charge in [-0.15, -0.1) is 0 Å². The number of esters is 1. The average Bonchev–Trinajstić information content (AvgIpc) is 3.58. The number of hydrogen-bond acceptors (Lipinski definition) is 7. The van der Waals surface area contributed by atoms with Crippen LogP contribution in [-0.2, 0) is 21.2 Å². The molecule has 0 radical (unpaired) electrons. The fourth-order valence-corrected chi connectivity index (χ4v) is 5.06. The quantitative estimate of drug-likeness (QED) is 0.187. The third-order valence-electron chi connectivity index (χ3n) is 7.38. The highest BCUT2D eigenvalue weighted by Gasteiger charge is 2.40. The highest BCUT2D eigenvalue weighted by molar-refractivity contribution is 6.04. The van der Waals surface area contributed by atoms with Gasteiger partial charge in [0.25, 0.3) is 5.91 Å². The zero-order valence-corrected chi connectivity index (χ0v) is 25.0. The van der Waals surface area contributed by atoms with Crippen molar-refractivity contribution in [3.05, 3.63) is 131 Å². The van der Waals surface area contributed by atoms with Crippen LogP contribution in [0.25, 0.3) is 0 Å². The van der Waals surface area contributed by atoms with Gasteiger partial charge in [0.15, 0.2) is 17.0 Å². The Kier molecular flexibility index (Phi) is 9.13. The Morgan fingerprint density at radius 3 is 2.17 bits per heavy atom. The van der Waals surface area contributed by atoms with Gasteiger partial charge in [-0.3, -0.25) is 9.79 Å². The molecule has 0 fully saturated rings. The van der Waals surface area contributed by atoms with Gasteiger partial charge in [-0.05, 0) is 71.3 Å². The van der Waals surface area contributed by atoms with Crippen molar-refractivity contribution in [1.82, 2.24) is 0 Å². The number of carbonyl (C=O) groups is 2. The van der Waals surface area contributed by atoms with Crippen LogP contribution in [0.5, 0.6) is 17.2 Å². The van der Waals surface area contributed by atoms with Crippen molar-refractivity contribution in [2.75, 3.05) is 26.6 Å². The Morgan fingerprint density at radius 1 is 0.804 bits per heavy atom. The molecular formula is C35H29F3N2O6. The van der Waals surface area contributed by atoms with Crippen molar-refractivity contribution < 1.29 is 41.7 Å². The fourth-order valence-electron chi connectivity index (χ4n) is 5.06. The molecule has 0 aromatic heterocycles. The third kappa shape index (κ3) is 6.44. The second-order valence-corrected chi connectivity index (χ2v) is 10.2. The van der Waals surface area contributed by atoms with Crippen LogP contribution in [0, 0.1) is 0 Å². The second-order valence-electron chi connectivity index (χ2n) is 10.2. The number of benzene rings is 4. The number of anilines is 1. The molecule has 4 aromatic carbocycles. The molecule has 1 amide bonds. The van der Waals surface area contributed by atoms with Crippen LogP contribution in [0.15, 0.2) is 108 Å². The summed E-state index contributed by atoms with van der Waals surface area (Å²) in [4.78, 5) is 31.2. The number of rotatable bonds is 10. The Labute approximate surface area is 263 Å². The van der Waals surface area contributed by atoms with Gasteiger partial charge in [0, 0.05) is 11.9 Å². The molecule has 0 saturated carbocycles. The smallest absolute Gasteiger partial charge is 0.416 e. The first kappa shape index (κ1) is 31.8. The Hall–Kier alpha value is -5.58. The van der Waals surface area contributed by atoms with Gasteiger partial charge in [0.05, 0.1) is 26.9 Å². The monoisotopic (exact) mass is 630 g/mol. The summed E-state index contributed by atoms with van der Waals surface area (Å²) in [5.74, 6) is -0.393. The predicted molar refractivity (Wildman–Crippen MR) is 166 cm³/mol. The molecule has 0 bridgehead atoms. The molecule has 1 aliphatic rings. The fraction of sp³-hybridized carbons (Fsp3) is 0.171. The summed E-state index contributed by atoms with van der Waals surface area (Å²) in [6.07, 6.45) is -0.809. The first-order chi connectivity index (χ1) is 22.1. The summed E-state index contributed by atoms with van der Waals surface area (Å²) in [6.45, 7) is 0. The minimum absolute atomic E-state index is 0.0319. The largest absolute Gasteiger partial charge is 0.493 e. The van der Waals surface area contributed by atoms with Gasteiger partial charge in [0.2, 0.25) is 0 Å². The van der Waals surface area contributed by atoms with Crippen molar-refractivity contribution in [3.63, 3.8) is 0 Å². The van der Waals surface area contributed by atoms with E-state index in [1.807, 2.05) is 0 Å². The van der Waals surface area contributed by atoms with Gasteiger partial charge in [-0.25, -0.2) is 4.79 Å². The summed E-state index contributed by atoms with van der Waals surface area (Å²) < 4.78 is 62.7. The molecule has 1 aliphatic heterocycles. The summed E-state index contributed by atoms with van der Waals surface area (Å²) >= 11 is 0. The van der Waals surface area contributed by atoms with Crippen LogP contribution < -0.4 is 19.5 Å². The van der Waals surface area contributed by atoms with E-state index >= 15 is 0 Å². The number of hydrogen-bond donors (Lipinski definition) is 1. The molecule has 46 heavy (non-hydrogen) atoms. The number of methoxy groups -OCH3 is 3. The lowest BCUT2D eigenvalue weighted by Gasteiger charge is -2.25. The lowest BCUT2D eigenvalue weighted by Crippen LogP contribution is -2.36. The van der Waals surface area contributed by atoms with E-state index in [0.29, 0.717) is 22.6 Å². The average molecular weight is 631 g/mol. The van der Waals surface area contributed by atoms with Crippen LogP contribution in [-0.4, -0.2) is 39.4 Å². The highest BCUT2D eigenvalue weighted by Crippen LogP contribution is 2.39. The van der Waals surface area contributed by atoms with E-state index in [-0.39, 0.29) is 22.6 Å². The lowest BCUT2D eigenvalue weighted by atomic mass is 9.89. The maximum atomic E-state index is 13.8. The number of allylic oxidation sites excluding steroid dienone is 1. The van der Waals surface area contributed by atoms with Crippen LogP contribution >= 0.6 is 0 Å². The number of nitrogens with zero attached hydrogens (tertiary/aromatic N) is 1. The van der Waals surface area contributed by atoms with E-state index in [9.17, 15) is 22.8 Å². The van der Waals surface area contributed by atoms with Crippen molar-refractivity contribution in [1.29, 1.82) is 0 Å². The summed E-state index contributed by atoms with van der Waals surface area (Å²) in [5, 5.41) is 2.81. The number of carbonyl (C=O) groups excluding carboxylic acids is 2. The van der Waals surface area contributed by atoms with Crippen molar-refractivity contribution in [2.45, 2.75) is 17.8 Å². The van der Waals surface area contributed by atoms with Crippen molar-refractivity contribution in [3.8, 4) is 17.2 Å². The van der Waals surface area contributed by atoms with E-state index in [2.05, 4.69) is 10.3 Å². The molecule has 1 N–H and O–H groups in total. The number of nitrogens with one attached hydrogen (secondary N) is 1. The maximum absolute atomic E-state index is 13.8.